The molecular formula is C19H16N2O4. The van der Waals surface area contributed by atoms with Crippen LogP contribution in [0.2, 0.25) is 0 Å². The second-order valence-corrected chi connectivity index (χ2v) is 5.61. The maximum atomic E-state index is 12.2. The molecule has 1 unspecified atom stereocenters. The number of rotatable bonds is 5. The van der Waals surface area contributed by atoms with Crippen LogP contribution in [0.1, 0.15) is 22.0 Å². The normalized spacial score (nSPS) is 11.9. The lowest BCUT2D eigenvalue weighted by Crippen LogP contribution is -2.28. The van der Waals surface area contributed by atoms with E-state index in [9.17, 15) is 20.0 Å². The van der Waals surface area contributed by atoms with Gasteiger partial charge in [-0.25, -0.2) is 0 Å². The molecule has 0 heterocycles. The first-order chi connectivity index (χ1) is 12.1. The third-order valence-electron chi connectivity index (χ3n) is 3.96. The highest BCUT2D eigenvalue weighted by molar-refractivity contribution is 5.98. The van der Waals surface area contributed by atoms with Gasteiger partial charge in [-0.3, -0.25) is 14.9 Å². The molecule has 0 fully saturated rings. The van der Waals surface area contributed by atoms with E-state index in [0.29, 0.717) is 5.56 Å². The number of carbonyl (C=O) groups is 1. The minimum Gasteiger partial charge on any atom is -0.387 e. The van der Waals surface area contributed by atoms with Crippen molar-refractivity contribution in [3.8, 4) is 0 Å². The zero-order valence-corrected chi connectivity index (χ0v) is 13.3. The predicted molar refractivity (Wildman–Crippen MR) is 94.3 cm³/mol. The minimum atomic E-state index is -0.906. The maximum absolute atomic E-state index is 12.2. The summed E-state index contributed by atoms with van der Waals surface area (Å²) in [6.45, 7) is -0.0385. The van der Waals surface area contributed by atoms with Gasteiger partial charge in [0.2, 0.25) is 0 Å². The van der Waals surface area contributed by atoms with Crippen LogP contribution in [0.4, 0.5) is 5.69 Å². The van der Waals surface area contributed by atoms with Crippen molar-refractivity contribution in [2.45, 2.75) is 6.10 Å². The van der Waals surface area contributed by atoms with E-state index in [1.54, 1.807) is 12.1 Å². The van der Waals surface area contributed by atoms with Gasteiger partial charge in [0.25, 0.3) is 11.6 Å². The summed E-state index contributed by atoms with van der Waals surface area (Å²) < 4.78 is 0. The highest BCUT2D eigenvalue weighted by Gasteiger charge is 2.19. The molecule has 1 atom stereocenters. The molecule has 0 saturated heterocycles. The summed E-state index contributed by atoms with van der Waals surface area (Å²) >= 11 is 0. The zero-order valence-electron chi connectivity index (χ0n) is 13.3. The number of fused-ring (bicyclic) bond motifs is 1. The van der Waals surface area contributed by atoms with E-state index < -0.39 is 16.9 Å². The van der Waals surface area contributed by atoms with E-state index in [4.69, 9.17) is 0 Å². The molecule has 0 aliphatic carbocycles. The molecular weight excluding hydrogens is 320 g/mol. The quantitative estimate of drug-likeness (QED) is 0.553. The molecule has 0 aliphatic rings. The van der Waals surface area contributed by atoms with Gasteiger partial charge in [0.05, 0.1) is 11.0 Å². The van der Waals surface area contributed by atoms with E-state index in [1.165, 1.54) is 18.2 Å². The smallest absolute Gasteiger partial charge is 0.282 e. The molecule has 25 heavy (non-hydrogen) atoms. The standard InChI is InChI=1S/C19H16N2O4/c22-18(15-10-9-13-5-1-2-6-14(13)11-15)12-20-19(23)16-7-3-4-8-17(16)21(24)25/h1-11,18,22H,12H2,(H,20,23). The monoisotopic (exact) mass is 336 g/mol. The molecule has 0 spiro atoms. The van der Waals surface area contributed by atoms with Gasteiger partial charge in [-0.15, -0.1) is 0 Å². The SMILES string of the molecule is O=C(NCC(O)c1ccc2ccccc2c1)c1ccccc1[N+](=O)[O-]. The number of aliphatic hydroxyl groups excluding tert-OH is 1. The van der Waals surface area contributed by atoms with Gasteiger partial charge in [-0.05, 0) is 28.5 Å². The fraction of sp³-hybridized carbons (Fsp3) is 0.105. The third-order valence-corrected chi connectivity index (χ3v) is 3.96. The molecule has 0 bridgehead atoms. The number of hydrogen-bond donors (Lipinski definition) is 2. The molecule has 3 rings (SSSR count). The number of amides is 1. The molecule has 0 saturated carbocycles. The van der Waals surface area contributed by atoms with Crippen LogP contribution in [-0.2, 0) is 0 Å². The second kappa shape index (κ2) is 7.11. The van der Waals surface area contributed by atoms with Crippen molar-refractivity contribution in [3.05, 3.63) is 88.0 Å². The van der Waals surface area contributed by atoms with Gasteiger partial charge in [-0.2, -0.15) is 0 Å². The number of aliphatic hydroxyl groups is 1. The number of para-hydroxylation sites is 1. The molecule has 0 aromatic heterocycles. The van der Waals surface area contributed by atoms with Crippen LogP contribution in [0.3, 0.4) is 0 Å². The molecule has 126 valence electrons. The largest absolute Gasteiger partial charge is 0.387 e. The summed E-state index contributed by atoms with van der Waals surface area (Å²) in [6.07, 6.45) is -0.906. The maximum Gasteiger partial charge on any atom is 0.282 e. The first-order valence-corrected chi connectivity index (χ1v) is 7.74. The number of nitrogens with zero attached hydrogens (tertiary/aromatic N) is 1. The molecule has 6 nitrogen and oxygen atoms in total. The van der Waals surface area contributed by atoms with Crippen molar-refractivity contribution in [2.75, 3.05) is 6.54 Å². The fourth-order valence-electron chi connectivity index (χ4n) is 2.64. The lowest BCUT2D eigenvalue weighted by Gasteiger charge is -2.13. The Labute approximate surface area is 143 Å². The second-order valence-electron chi connectivity index (χ2n) is 5.61. The summed E-state index contributed by atoms with van der Waals surface area (Å²) in [5.41, 5.74) is 0.375. The number of nitrogens with one attached hydrogen (secondary N) is 1. The minimum absolute atomic E-state index is 0.0294. The molecule has 1 amide bonds. The van der Waals surface area contributed by atoms with Crippen molar-refractivity contribution in [3.63, 3.8) is 0 Å². The van der Waals surface area contributed by atoms with Crippen LogP contribution in [0, 0.1) is 10.1 Å². The Morgan fingerprint density at radius 1 is 1.04 bits per heavy atom. The number of hydrogen-bond acceptors (Lipinski definition) is 4. The molecule has 2 N–H and O–H groups in total. The fourth-order valence-corrected chi connectivity index (χ4v) is 2.64. The van der Waals surface area contributed by atoms with E-state index >= 15 is 0 Å². The number of nitro groups is 1. The summed E-state index contributed by atoms with van der Waals surface area (Å²) in [6, 6.07) is 19.0. The average Bonchev–Trinajstić information content (AvgIpc) is 2.65. The van der Waals surface area contributed by atoms with Gasteiger partial charge >= 0.3 is 0 Å². The highest BCUT2D eigenvalue weighted by atomic mass is 16.6. The Bertz CT molecular complexity index is 939. The first kappa shape index (κ1) is 16.6. The molecule has 3 aromatic rings. The molecule has 3 aromatic carbocycles. The Morgan fingerprint density at radius 2 is 1.72 bits per heavy atom. The van der Waals surface area contributed by atoms with Crippen LogP contribution in [-0.4, -0.2) is 22.5 Å². The number of carbonyl (C=O) groups excluding carboxylic acids is 1. The summed E-state index contributed by atoms with van der Waals surface area (Å²) in [4.78, 5) is 22.6. The first-order valence-electron chi connectivity index (χ1n) is 7.74. The van der Waals surface area contributed by atoms with Crippen molar-refractivity contribution in [1.82, 2.24) is 5.32 Å². The molecule has 0 radical (unpaired) electrons. The van der Waals surface area contributed by atoms with Crippen molar-refractivity contribution < 1.29 is 14.8 Å². The van der Waals surface area contributed by atoms with E-state index in [2.05, 4.69) is 5.32 Å². The van der Waals surface area contributed by atoms with Gasteiger partial charge in [0.15, 0.2) is 0 Å². The summed E-state index contributed by atoms with van der Waals surface area (Å²) in [7, 11) is 0. The van der Waals surface area contributed by atoms with Gasteiger partial charge < -0.3 is 10.4 Å². The highest BCUT2D eigenvalue weighted by Crippen LogP contribution is 2.21. The Morgan fingerprint density at radius 3 is 2.48 bits per heavy atom. The van der Waals surface area contributed by atoms with Crippen LogP contribution in [0.15, 0.2) is 66.7 Å². The third kappa shape index (κ3) is 3.64. The van der Waals surface area contributed by atoms with Gasteiger partial charge in [0.1, 0.15) is 5.56 Å². The lowest BCUT2D eigenvalue weighted by molar-refractivity contribution is -0.385. The number of benzene rings is 3. The van der Waals surface area contributed by atoms with Crippen LogP contribution < -0.4 is 5.32 Å². The lowest BCUT2D eigenvalue weighted by atomic mass is 10.0. The Hall–Kier alpha value is -3.25. The van der Waals surface area contributed by atoms with Crippen LogP contribution >= 0.6 is 0 Å². The predicted octanol–water partition coefficient (Wildman–Crippen LogP) is 3.21. The Kier molecular flexibility index (Phi) is 4.72. The van der Waals surface area contributed by atoms with Crippen molar-refractivity contribution >= 4 is 22.4 Å². The van der Waals surface area contributed by atoms with Gasteiger partial charge in [0, 0.05) is 12.6 Å². The van der Waals surface area contributed by atoms with Gasteiger partial charge in [-0.1, -0.05) is 48.5 Å². The summed E-state index contributed by atoms with van der Waals surface area (Å²) in [5.74, 6) is -0.591. The average molecular weight is 336 g/mol. The molecule has 6 heteroatoms. The van der Waals surface area contributed by atoms with Crippen LogP contribution in [0.25, 0.3) is 10.8 Å². The summed E-state index contributed by atoms with van der Waals surface area (Å²) in [5, 5.41) is 25.9. The van der Waals surface area contributed by atoms with E-state index in [-0.39, 0.29) is 17.8 Å². The van der Waals surface area contributed by atoms with E-state index in [0.717, 1.165) is 10.8 Å². The van der Waals surface area contributed by atoms with Crippen molar-refractivity contribution in [2.24, 2.45) is 0 Å². The Balaban J connectivity index is 1.72. The van der Waals surface area contributed by atoms with Crippen LogP contribution in [0.5, 0.6) is 0 Å². The topological polar surface area (TPSA) is 92.5 Å². The molecule has 0 aliphatic heterocycles. The number of nitro benzene ring substituents is 1. The van der Waals surface area contributed by atoms with E-state index in [1.807, 2.05) is 36.4 Å². The van der Waals surface area contributed by atoms with Crippen molar-refractivity contribution in [1.29, 1.82) is 0 Å². The zero-order chi connectivity index (χ0) is 17.8.